The van der Waals surface area contributed by atoms with Gasteiger partial charge in [-0.3, -0.25) is 4.79 Å². The molecule has 5 heteroatoms. The Hall–Kier alpha value is -2.56. The summed E-state index contributed by atoms with van der Waals surface area (Å²) in [6.07, 6.45) is 5.53. The molecule has 166 valence electrons. The van der Waals surface area contributed by atoms with Crippen LogP contribution in [0.3, 0.4) is 0 Å². The minimum absolute atomic E-state index is 0.121. The Morgan fingerprint density at radius 2 is 1.97 bits per heavy atom. The fourth-order valence-electron chi connectivity index (χ4n) is 4.94. The van der Waals surface area contributed by atoms with Crippen LogP contribution in [-0.2, 0) is 20.7 Å². The number of carbonyl (C=O) groups is 2. The summed E-state index contributed by atoms with van der Waals surface area (Å²) >= 11 is 0. The second kappa shape index (κ2) is 8.52. The minimum Gasteiger partial charge on any atom is -0.508 e. The van der Waals surface area contributed by atoms with E-state index in [1.54, 1.807) is 19.1 Å². The first-order valence-electron chi connectivity index (χ1n) is 11.5. The van der Waals surface area contributed by atoms with Crippen molar-refractivity contribution >= 4 is 17.3 Å². The predicted molar refractivity (Wildman–Crippen MR) is 119 cm³/mol. The van der Waals surface area contributed by atoms with Gasteiger partial charge in [-0.2, -0.15) is 0 Å². The summed E-state index contributed by atoms with van der Waals surface area (Å²) in [7, 11) is 0. The second-order valence-corrected chi connectivity index (χ2v) is 9.17. The highest BCUT2D eigenvalue weighted by Crippen LogP contribution is 2.53. The minimum atomic E-state index is -0.558. The molecule has 0 saturated heterocycles. The molecule has 0 amide bonds. The number of Topliss-reactive ketones (excluding diaryl/α,β-unsaturated/α-hetero) is 1. The Morgan fingerprint density at radius 1 is 1.23 bits per heavy atom. The molecule has 3 aliphatic rings. The number of aromatic hydroxyl groups is 1. The van der Waals surface area contributed by atoms with Gasteiger partial charge in [-0.05, 0) is 79.2 Å². The number of rotatable bonds is 5. The molecule has 1 heterocycles. The molecule has 1 aromatic carbocycles. The van der Waals surface area contributed by atoms with Gasteiger partial charge in [0.2, 0.25) is 0 Å². The Bertz CT molecular complexity index is 964. The second-order valence-electron chi connectivity index (χ2n) is 9.17. The molecule has 1 fully saturated rings. The number of esters is 1. The lowest BCUT2D eigenvalue weighted by Crippen LogP contribution is -2.33. The molecular formula is C26H32O5. The molecule has 1 aliphatic heterocycles. The number of hydrogen-bond acceptors (Lipinski definition) is 5. The van der Waals surface area contributed by atoms with Crippen molar-refractivity contribution in [2.45, 2.75) is 65.9 Å². The zero-order valence-electron chi connectivity index (χ0n) is 18.9. The van der Waals surface area contributed by atoms with E-state index in [9.17, 15) is 14.7 Å². The fraction of sp³-hybridized carbons (Fsp3) is 0.538. The maximum absolute atomic E-state index is 12.9. The Labute approximate surface area is 184 Å². The van der Waals surface area contributed by atoms with E-state index in [1.807, 2.05) is 13.0 Å². The molecule has 31 heavy (non-hydrogen) atoms. The first-order chi connectivity index (χ1) is 14.8. The number of aryl methyl sites for hydroxylation is 1. The highest BCUT2D eigenvalue weighted by atomic mass is 16.5. The molecule has 0 spiro atoms. The van der Waals surface area contributed by atoms with Gasteiger partial charge in [0.1, 0.15) is 23.2 Å². The molecule has 2 unspecified atom stereocenters. The molecule has 0 aromatic heterocycles. The van der Waals surface area contributed by atoms with Gasteiger partial charge >= 0.3 is 5.97 Å². The van der Waals surface area contributed by atoms with Crippen LogP contribution in [0.2, 0.25) is 0 Å². The van der Waals surface area contributed by atoms with Crippen LogP contribution < -0.4 is 4.74 Å². The number of phenols is 1. The summed E-state index contributed by atoms with van der Waals surface area (Å²) in [6, 6.07) is 3.77. The van der Waals surface area contributed by atoms with Crippen LogP contribution in [0.1, 0.15) is 64.5 Å². The zero-order valence-corrected chi connectivity index (χ0v) is 18.9. The van der Waals surface area contributed by atoms with E-state index in [2.05, 4.69) is 13.8 Å². The zero-order chi connectivity index (χ0) is 22.3. The van der Waals surface area contributed by atoms with Gasteiger partial charge in [-0.25, -0.2) is 4.79 Å². The SMILES string of the molecule is CCOC(=O)/C1=C/C2=C(c3cc(CC)c(O)cc3OC2C(C)C)C(C2CC2)CCC1=O. The maximum Gasteiger partial charge on any atom is 0.341 e. The number of phenolic OH excluding ortho intramolecular Hbond substituents is 1. The number of allylic oxidation sites excluding steroid dienone is 1. The molecular weight excluding hydrogens is 392 g/mol. The molecule has 1 N–H and O–H groups in total. The summed E-state index contributed by atoms with van der Waals surface area (Å²) in [5.41, 5.74) is 4.09. The summed E-state index contributed by atoms with van der Waals surface area (Å²) < 4.78 is 11.6. The molecule has 0 bridgehead atoms. The van der Waals surface area contributed by atoms with Crippen molar-refractivity contribution in [3.8, 4) is 11.5 Å². The molecule has 1 saturated carbocycles. The average Bonchev–Trinajstić information content (AvgIpc) is 3.55. The van der Waals surface area contributed by atoms with Crippen LogP contribution in [0.15, 0.2) is 29.4 Å². The number of benzene rings is 1. The van der Waals surface area contributed by atoms with E-state index in [0.29, 0.717) is 30.9 Å². The third kappa shape index (κ3) is 4.02. The van der Waals surface area contributed by atoms with E-state index in [4.69, 9.17) is 9.47 Å². The largest absolute Gasteiger partial charge is 0.508 e. The Kier molecular flexibility index (Phi) is 5.96. The summed E-state index contributed by atoms with van der Waals surface area (Å²) in [6.45, 7) is 8.14. The van der Waals surface area contributed by atoms with E-state index in [0.717, 1.165) is 29.5 Å². The van der Waals surface area contributed by atoms with Crippen LogP contribution in [0.25, 0.3) is 5.57 Å². The van der Waals surface area contributed by atoms with Gasteiger partial charge in [0, 0.05) is 18.1 Å². The number of carbonyl (C=O) groups excluding carboxylic acids is 2. The Morgan fingerprint density at radius 3 is 2.58 bits per heavy atom. The van der Waals surface area contributed by atoms with Gasteiger partial charge in [0.15, 0.2) is 5.78 Å². The highest BCUT2D eigenvalue weighted by molar-refractivity contribution is 6.18. The monoisotopic (exact) mass is 424 g/mol. The van der Waals surface area contributed by atoms with Gasteiger partial charge < -0.3 is 14.6 Å². The standard InChI is InChI=1S/C26H32O5/c1-5-15-11-19-23(13-22(15)28)31-25(14(3)4)20-12-18(26(29)30-6-2)21(27)10-9-17(24(19)20)16-7-8-16/h11-14,16-17,25,28H,5-10H2,1-4H3/b18-12+. The van der Waals surface area contributed by atoms with Crippen LogP contribution in [0, 0.1) is 17.8 Å². The summed E-state index contributed by atoms with van der Waals surface area (Å²) in [4.78, 5) is 25.6. The third-order valence-electron chi connectivity index (χ3n) is 6.67. The predicted octanol–water partition coefficient (Wildman–Crippen LogP) is 5.00. The van der Waals surface area contributed by atoms with Crippen molar-refractivity contribution in [1.82, 2.24) is 0 Å². The topological polar surface area (TPSA) is 72.8 Å². The lowest BCUT2D eigenvalue weighted by molar-refractivity contribution is -0.140. The highest BCUT2D eigenvalue weighted by Gasteiger charge is 2.42. The van der Waals surface area contributed by atoms with Gasteiger partial charge in [-0.1, -0.05) is 20.8 Å². The van der Waals surface area contributed by atoms with Gasteiger partial charge in [-0.15, -0.1) is 0 Å². The lowest BCUT2D eigenvalue weighted by atomic mass is 9.75. The molecule has 0 radical (unpaired) electrons. The third-order valence-corrected chi connectivity index (χ3v) is 6.67. The van der Waals surface area contributed by atoms with Crippen LogP contribution in [0.4, 0.5) is 0 Å². The van der Waals surface area contributed by atoms with Crippen molar-refractivity contribution in [3.63, 3.8) is 0 Å². The summed E-state index contributed by atoms with van der Waals surface area (Å²) in [5, 5.41) is 10.5. The quantitative estimate of drug-likeness (QED) is 0.532. The van der Waals surface area contributed by atoms with Crippen LogP contribution in [-0.4, -0.2) is 29.6 Å². The molecule has 5 nitrogen and oxygen atoms in total. The smallest absolute Gasteiger partial charge is 0.341 e. The van der Waals surface area contributed by atoms with Crippen LogP contribution in [0.5, 0.6) is 11.5 Å². The molecule has 2 aliphatic carbocycles. The number of ketones is 1. The number of fused-ring (bicyclic) bond motifs is 2. The van der Waals surface area contributed by atoms with Crippen molar-refractivity contribution in [2.75, 3.05) is 6.61 Å². The van der Waals surface area contributed by atoms with Gasteiger partial charge in [0.25, 0.3) is 0 Å². The van der Waals surface area contributed by atoms with E-state index in [1.165, 1.54) is 5.57 Å². The molecule has 2 atom stereocenters. The van der Waals surface area contributed by atoms with Crippen molar-refractivity contribution in [3.05, 3.63) is 40.5 Å². The molecule has 4 rings (SSSR count). The first-order valence-corrected chi connectivity index (χ1v) is 11.5. The average molecular weight is 425 g/mol. The first kappa shape index (κ1) is 21.7. The Balaban J connectivity index is 1.99. The van der Waals surface area contributed by atoms with Crippen molar-refractivity contribution in [1.29, 1.82) is 0 Å². The lowest BCUT2D eigenvalue weighted by Gasteiger charge is -2.37. The van der Waals surface area contributed by atoms with Crippen LogP contribution >= 0.6 is 0 Å². The normalized spacial score (nSPS) is 25.1. The van der Waals surface area contributed by atoms with Crippen molar-refractivity contribution in [2.24, 2.45) is 17.8 Å². The number of hydrogen-bond donors (Lipinski definition) is 1. The summed E-state index contributed by atoms with van der Waals surface area (Å²) in [5.74, 6) is 1.15. The number of ether oxygens (including phenoxy) is 2. The van der Waals surface area contributed by atoms with Gasteiger partial charge in [0.05, 0.1) is 6.61 Å². The van der Waals surface area contributed by atoms with E-state index >= 15 is 0 Å². The van der Waals surface area contributed by atoms with Crippen molar-refractivity contribution < 1.29 is 24.2 Å². The van der Waals surface area contributed by atoms with E-state index in [-0.39, 0.29) is 41.7 Å². The molecule has 1 aromatic rings. The van der Waals surface area contributed by atoms with E-state index < -0.39 is 5.97 Å². The maximum atomic E-state index is 12.9. The fourth-order valence-corrected chi connectivity index (χ4v) is 4.94.